The predicted molar refractivity (Wildman–Crippen MR) is 66.9 cm³/mol. The van der Waals surface area contributed by atoms with Gasteiger partial charge < -0.3 is 9.47 Å². The molecule has 3 nitrogen and oxygen atoms in total. The number of ether oxygens (including phenoxy) is 2. The molecule has 4 aliphatic rings. The van der Waals surface area contributed by atoms with E-state index >= 15 is 0 Å². The van der Waals surface area contributed by atoms with Gasteiger partial charge in [0.25, 0.3) is 0 Å². The Morgan fingerprint density at radius 3 is 3.06 bits per heavy atom. The molecule has 1 saturated carbocycles. The van der Waals surface area contributed by atoms with E-state index in [4.69, 9.17) is 9.47 Å². The zero-order valence-electron chi connectivity index (χ0n) is 9.95. The van der Waals surface area contributed by atoms with Crippen molar-refractivity contribution in [2.45, 2.75) is 37.9 Å². The van der Waals surface area contributed by atoms with Crippen molar-refractivity contribution in [3.8, 4) is 0 Å². The average molecular weight is 301 g/mol. The summed E-state index contributed by atoms with van der Waals surface area (Å²) in [6, 6.07) is 0. The van der Waals surface area contributed by atoms with Gasteiger partial charge in [0.1, 0.15) is 0 Å². The molecule has 4 unspecified atom stereocenters. The Labute approximate surface area is 110 Å². The van der Waals surface area contributed by atoms with E-state index in [1.807, 2.05) is 6.08 Å². The van der Waals surface area contributed by atoms with Gasteiger partial charge in [0.2, 0.25) is 0 Å². The Kier molecular flexibility index (Phi) is 2.92. The first-order valence-corrected chi connectivity index (χ1v) is 7.15. The molecule has 4 heteroatoms. The first kappa shape index (κ1) is 11.9. The van der Waals surface area contributed by atoms with Crippen LogP contribution in [0.2, 0.25) is 0 Å². The number of Topliss-reactive ketones (excluding diaryl/α,β-unsaturated/α-hetero) is 1. The van der Waals surface area contributed by atoms with Crippen LogP contribution in [0.25, 0.3) is 0 Å². The summed E-state index contributed by atoms with van der Waals surface area (Å²) in [5.74, 6) is 0.318. The second kappa shape index (κ2) is 4.18. The van der Waals surface area contributed by atoms with E-state index in [9.17, 15) is 4.79 Å². The van der Waals surface area contributed by atoms with Crippen LogP contribution in [0.3, 0.4) is 0 Å². The minimum atomic E-state index is -0.483. The van der Waals surface area contributed by atoms with Gasteiger partial charge in [0, 0.05) is 12.5 Å². The highest BCUT2D eigenvalue weighted by molar-refractivity contribution is 9.11. The summed E-state index contributed by atoms with van der Waals surface area (Å²) in [6.07, 6.45) is 5.20. The van der Waals surface area contributed by atoms with E-state index in [0.29, 0.717) is 6.61 Å². The summed E-state index contributed by atoms with van der Waals surface area (Å²) in [4.78, 5) is 12.3. The average Bonchev–Trinajstić information content (AvgIpc) is 3.09. The number of unbranched alkanes of at least 4 members (excludes halogenated alkanes) is 1. The third-order valence-electron chi connectivity index (χ3n) is 4.11. The summed E-state index contributed by atoms with van der Waals surface area (Å²) in [5, 5.41) is 0. The van der Waals surface area contributed by atoms with Gasteiger partial charge in [0.15, 0.2) is 11.4 Å². The quantitative estimate of drug-likeness (QED) is 0.591. The minimum Gasteiger partial charge on any atom is -0.377 e. The van der Waals surface area contributed by atoms with Crippen molar-refractivity contribution >= 4 is 21.7 Å². The van der Waals surface area contributed by atoms with Gasteiger partial charge >= 0.3 is 0 Å². The molecule has 4 atom stereocenters. The number of fused-ring (bicyclic) bond motifs is 1. The van der Waals surface area contributed by atoms with Gasteiger partial charge in [-0.2, -0.15) is 0 Å². The lowest BCUT2D eigenvalue weighted by atomic mass is 9.66. The monoisotopic (exact) mass is 300 g/mol. The smallest absolute Gasteiger partial charge is 0.177 e. The molecule has 0 amide bonds. The van der Waals surface area contributed by atoms with Crippen molar-refractivity contribution in [1.82, 2.24) is 0 Å². The van der Waals surface area contributed by atoms with Crippen LogP contribution in [-0.4, -0.2) is 30.7 Å². The molecule has 2 fully saturated rings. The van der Waals surface area contributed by atoms with Crippen LogP contribution in [0.15, 0.2) is 10.6 Å². The summed E-state index contributed by atoms with van der Waals surface area (Å²) in [5.41, 5.74) is -0.483. The van der Waals surface area contributed by atoms with Crippen LogP contribution in [0.4, 0.5) is 0 Å². The van der Waals surface area contributed by atoms with Gasteiger partial charge in [-0.1, -0.05) is 35.4 Å². The number of hydrogen-bond acceptors (Lipinski definition) is 3. The van der Waals surface area contributed by atoms with Crippen molar-refractivity contribution < 1.29 is 14.3 Å². The highest BCUT2D eigenvalue weighted by atomic mass is 79.9. The Balaban J connectivity index is 1.74. The first-order valence-electron chi connectivity index (χ1n) is 6.36. The van der Waals surface area contributed by atoms with Gasteiger partial charge in [-0.25, -0.2) is 0 Å². The van der Waals surface area contributed by atoms with E-state index < -0.39 is 5.60 Å². The summed E-state index contributed by atoms with van der Waals surface area (Å²) < 4.78 is 12.4. The van der Waals surface area contributed by atoms with Crippen molar-refractivity contribution in [1.29, 1.82) is 0 Å². The third-order valence-corrected chi connectivity index (χ3v) is 4.93. The van der Waals surface area contributed by atoms with Crippen molar-refractivity contribution in [3.63, 3.8) is 0 Å². The number of carbonyl (C=O) groups is 1. The molecule has 17 heavy (non-hydrogen) atoms. The van der Waals surface area contributed by atoms with Crippen LogP contribution in [0, 0.1) is 11.8 Å². The second-order valence-electron chi connectivity index (χ2n) is 5.17. The van der Waals surface area contributed by atoms with Crippen LogP contribution in [-0.2, 0) is 14.3 Å². The molecule has 1 spiro atoms. The molecule has 1 heterocycles. The topological polar surface area (TPSA) is 38.8 Å². The standard InChI is InChI=1S/C13H17BrO3/c1-2-3-4-16-11-6-9-10(14)5-8(11)12(15)13(9)7-17-13/h5,8-9,11H,2-4,6-7H2,1H3. The van der Waals surface area contributed by atoms with Crippen molar-refractivity contribution in [3.05, 3.63) is 10.6 Å². The molecular formula is C13H17BrO3. The zero-order chi connectivity index (χ0) is 12.0. The Hall–Kier alpha value is -0.190. The third kappa shape index (κ3) is 1.72. The Bertz CT molecular complexity index is 373. The molecule has 1 aliphatic heterocycles. The fourth-order valence-electron chi connectivity index (χ4n) is 2.97. The molecular weight excluding hydrogens is 284 g/mol. The van der Waals surface area contributed by atoms with Gasteiger partial charge in [-0.05, 0) is 17.3 Å². The van der Waals surface area contributed by atoms with Gasteiger partial charge in [-0.3, -0.25) is 4.79 Å². The largest absolute Gasteiger partial charge is 0.377 e. The highest BCUT2D eigenvalue weighted by Crippen LogP contribution is 2.55. The molecule has 0 aromatic heterocycles. The SMILES string of the molecule is CCCCOC1CC2C(Br)=CC1C(=O)C21CO1. The molecule has 94 valence electrons. The predicted octanol–water partition coefficient (Wildman–Crippen LogP) is 2.44. The van der Waals surface area contributed by atoms with E-state index in [0.717, 1.165) is 30.4 Å². The lowest BCUT2D eigenvalue weighted by molar-refractivity contribution is -0.140. The number of hydrogen-bond donors (Lipinski definition) is 0. The summed E-state index contributed by atoms with van der Waals surface area (Å²) in [6.45, 7) is 3.50. The maximum atomic E-state index is 12.3. The normalized spacial score (nSPS) is 43.1. The molecule has 0 radical (unpaired) electrons. The molecule has 1 saturated heterocycles. The van der Waals surface area contributed by atoms with E-state index in [-0.39, 0.29) is 23.7 Å². The van der Waals surface area contributed by atoms with Gasteiger partial charge in [0.05, 0.1) is 18.6 Å². The fourth-order valence-corrected chi connectivity index (χ4v) is 3.81. The first-order chi connectivity index (χ1) is 8.19. The van der Waals surface area contributed by atoms with Crippen LogP contribution in [0.5, 0.6) is 0 Å². The molecule has 0 aromatic rings. The number of ketones is 1. The molecule has 4 rings (SSSR count). The number of halogens is 1. The molecule has 0 N–H and O–H groups in total. The minimum absolute atomic E-state index is 0.0650. The summed E-state index contributed by atoms with van der Waals surface area (Å²) in [7, 11) is 0. The van der Waals surface area contributed by atoms with Crippen LogP contribution < -0.4 is 0 Å². The summed E-state index contributed by atoms with van der Waals surface area (Å²) >= 11 is 3.57. The van der Waals surface area contributed by atoms with E-state index in [1.165, 1.54) is 0 Å². The van der Waals surface area contributed by atoms with Gasteiger partial charge in [-0.15, -0.1) is 0 Å². The van der Waals surface area contributed by atoms with Crippen molar-refractivity contribution in [2.24, 2.45) is 11.8 Å². The Morgan fingerprint density at radius 1 is 1.65 bits per heavy atom. The molecule has 0 aromatic carbocycles. The highest BCUT2D eigenvalue weighted by Gasteiger charge is 2.66. The lowest BCUT2D eigenvalue weighted by Crippen LogP contribution is -2.53. The second-order valence-corrected chi connectivity index (χ2v) is 6.09. The number of rotatable bonds is 4. The maximum Gasteiger partial charge on any atom is 0.177 e. The zero-order valence-corrected chi connectivity index (χ0v) is 11.5. The fraction of sp³-hybridized carbons (Fsp3) is 0.769. The van der Waals surface area contributed by atoms with E-state index in [1.54, 1.807) is 0 Å². The molecule has 2 bridgehead atoms. The molecule has 3 aliphatic carbocycles. The Morgan fingerprint density at radius 2 is 2.41 bits per heavy atom. The number of epoxide rings is 1. The van der Waals surface area contributed by atoms with Crippen LogP contribution >= 0.6 is 15.9 Å². The maximum absolute atomic E-state index is 12.3. The van der Waals surface area contributed by atoms with Crippen molar-refractivity contribution in [2.75, 3.05) is 13.2 Å². The van der Waals surface area contributed by atoms with Crippen LogP contribution in [0.1, 0.15) is 26.2 Å². The lowest BCUT2D eigenvalue weighted by Gasteiger charge is -2.42. The van der Waals surface area contributed by atoms with E-state index in [2.05, 4.69) is 22.9 Å². The number of carbonyl (C=O) groups excluding carboxylic acids is 1.